The molecule has 1 unspecified atom stereocenters. The van der Waals surface area contributed by atoms with Crippen molar-refractivity contribution in [3.63, 3.8) is 0 Å². The van der Waals surface area contributed by atoms with Gasteiger partial charge >= 0.3 is 0 Å². The monoisotopic (exact) mass is 258 g/mol. The second-order valence-corrected chi connectivity index (χ2v) is 6.27. The summed E-state index contributed by atoms with van der Waals surface area (Å²) in [4.78, 5) is 2.54. The Labute approximate surface area is 117 Å². The summed E-state index contributed by atoms with van der Waals surface area (Å²) in [7, 11) is 0. The van der Waals surface area contributed by atoms with E-state index in [9.17, 15) is 0 Å². The van der Waals surface area contributed by atoms with Crippen LogP contribution in [0.5, 0.6) is 0 Å². The molecule has 1 atom stereocenters. The van der Waals surface area contributed by atoms with Crippen LogP contribution in [0.1, 0.15) is 38.2 Å². The Bertz CT molecular complexity index is 405. The van der Waals surface area contributed by atoms with Gasteiger partial charge in [0.1, 0.15) is 0 Å². The maximum Gasteiger partial charge on any atom is 0.0411 e. The summed E-state index contributed by atoms with van der Waals surface area (Å²) >= 11 is 0. The fourth-order valence-electron chi connectivity index (χ4n) is 3.19. The van der Waals surface area contributed by atoms with Crippen molar-refractivity contribution >= 4 is 5.69 Å². The first-order valence-corrected chi connectivity index (χ1v) is 7.88. The summed E-state index contributed by atoms with van der Waals surface area (Å²) in [5.74, 6) is 1.85. The van der Waals surface area contributed by atoms with Gasteiger partial charge in [-0.15, -0.1) is 0 Å². The van der Waals surface area contributed by atoms with E-state index >= 15 is 0 Å². The minimum Gasteiger partial charge on any atom is -0.371 e. The third-order valence-electron chi connectivity index (χ3n) is 4.65. The molecule has 2 fully saturated rings. The lowest BCUT2D eigenvalue weighted by molar-refractivity contribution is 0.461. The molecule has 1 saturated carbocycles. The number of anilines is 1. The van der Waals surface area contributed by atoms with Crippen molar-refractivity contribution in [2.24, 2.45) is 11.8 Å². The highest BCUT2D eigenvalue weighted by molar-refractivity contribution is 5.54. The highest BCUT2D eigenvalue weighted by Gasteiger charge is 2.27. The summed E-state index contributed by atoms with van der Waals surface area (Å²) in [5, 5.41) is 3.66. The SMILES string of the molecule is CC(CNCc1ccccc1N1CCCC1)C1CC1. The van der Waals surface area contributed by atoms with E-state index in [1.54, 1.807) is 0 Å². The third-order valence-corrected chi connectivity index (χ3v) is 4.65. The van der Waals surface area contributed by atoms with Crippen LogP contribution in [0.4, 0.5) is 5.69 Å². The van der Waals surface area contributed by atoms with E-state index in [0.29, 0.717) is 0 Å². The van der Waals surface area contributed by atoms with Gasteiger partial charge in [-0.2, -0.15) is 0 Å². The molecule has 0 aromatic heterocycles. The first-order chi connectivity index (χ1) is 9.34. The average molecular weight is 258 g/mol. The quantitative estimate of drug-likeness (QED) is 0.841. The Kier molecular flexibility index (Phi) is 4.07. The van der Waals surface area contributed by atoms with E-state index in [4.69, 9.17) is 0 Å². The molecule has 1 saturated heterocycles. The van der Waals surface area contributed by atoms with Gasteiger partial charge in [0.25, 0.3) is 0 Å². The minimum atomic E-state index is 0.846. The summed E-state index contributed by atoms with van der Waals surface area (Å²) in [6.45, 7) is 7.03. The predicted octanol–water partition coefficient (Wildman–Crippen LogP) is 3.42. The second-order valence-electron chi connectivity index (χ2n) is 6.27. The van der Waals surface area contributed by atoms with Crippen molar-refractivity contribution in [3.05, 3.63) is 29.8 Å². The number of benzene rings is 1. The molecule has 2 heteroatoms. The topological polar surface area (TPSA) is 15.3 Å². The number of rotatable bonds is 6. The van der Waals surface area contributed by atoms with Gasteiger partial charge in [0.05, 0.1) is 0 Å². The minimum absolute atomic E-state index is 0.846. The van der Waals surface area contributed by atoms with E-state index in [0.717, 1.165) is 18.4 Å². The Morgan fingerprint density at radius 3 is 2.68 bits per heavy atom. The largest absolute Gasteiger partial charge is 0.371 e. The number of hydrogen-bond donors (Lipinski definition) is 1. The third kappa shape index (κ3) is 3.30. The highest BCUT2D eigenvalue weighted by Crippen LogP contribution is 2.36. The Balaban J connectivity index is 1.56. The van der Waals surface area contributed by atoms with Crippen LogP contribution in [0, 0.1) is 11.8 Å². The van der Waals surface area contributed by atoms with Crippen molar-refractivity contribution in [2.75, 3.05) is 24.5 Å². The van der Waals surface area contributed by atoms with E-state index < -0.39 is 0 Å². The van der Waals surface area contributed by atoms with Crippen LogP contribution in [-0.4, -0.2) is 19.6 Å². The van der Waals surface area contributed by atoms with Gasteiger partial charge in [0.2, 0.25) is 0 Å². The molecule has 0 bridgehead atoms. The van der Waals surface area contributed by atoms with Crippen molar-refractivity contribution in [1.82, 2.24) is 5.32 Å². The normalized spacial score (nSPS) is 20.8. The van der Waals surface area contributed by atoms with Crippen molar-refractivity contribution < 1.29 is 0 Å². The molecule has 1 aliphatic carbocycles. The molecule has 1 N–H and O–H groups in total. The molecule has 3 rings (SSSR count). The second kappa shape index (κ2) is 5.96. The number of nitrogens with one attached hydrogen (secondary N) is 1. The maximum atomic E-state index is 3.66. The molecule has 0 radical (unpaired) electrons. The lowest BCUT2D eigenvalue weighted by Crippen LogP contribution is -2.24. The molecule has 1 heterocycles. The molecule has 1 aromatic carbocycles. The molecule has 104 valence electrons. The van der Waals surface area contributed by atoms with E-state index in [1.807, 2.05) is 0 Å². The molecule has 1 aliphatic heterocycles. The average Bonchev–Trinajstić information content (AvgIpc) is 3.15. The summed E-state index contributed by atoms with van der Waals surface area (Å²) in [6, 6.07) is 8.90. The fraction of sp³-hybridized carbons (Fsp3) is 0.647. The summed E-state index contributed by atoms with van der Waals surface area (Å²) in [6.07, 6.45) is 5.60. The van der Waals surface area contributed by atoms with Crippen molar-refractivity contribution in [1.29, 1.82) is 0 Å². The molecule has 2 nitrogen and oxygen atoms in total. The van der Waals surface area contributed by atoms with Crippen LogP contribution in [0.3, 0.4) is 0 Å². The van der Waals surface area contributed by atoms with Crippen LogP contribution in [0.2, 0.25) is 0 Å². The lowest BCUT2D eigenvalue weighted by Gasteiger charge is -2.22. The maximum absolute atomic E-state index is 3.66. The fourth-order valence-corrected chi connectivity index (χ4v) is 3.19. The summed E-state index contributed by atoms with van der Waals surface area (Å²) < 4.78 is 0. The zero-order valence-electron chi connectivity index (χ0n) is 12.1. The van der Waals surface area contributed by atoms with Gasteiger partial charge in [-0.05, 0) is 55.7 Å². The lowest BCUT2D eigenvalue weighted by atomic mass is 10.1. The number of hydrogen-bond acceptors (Lipinski definition) is 2. The van der Waals surface area contributed by atoms with Crippen LogP contribution in [0.15, 0.2) is 24.3 Å². The van der Waals surface area contributed by atoms with Gasteiger partial charge in [-0.1, -0.05) is 25.1 Å². The van der Waals surface area contributed by atoms with E-state index in [1.165, 1.54) is 56.6 Å². The van der Waals surface area contributed by atoms with Gasteiger partial charge < -0.3 is 10.2 Å². The Morgan fingerprint density at radius 2 is 1.95 bits per heavy atom. The standard InChI is InChI=1S/C17H26N2/c1-14(15-8-9-15)12-18-13-16-6-2-3-7-17(16)19-10-4-5-11-19/h2-3,6-7,14-15,18H,4-5,8-13H2,1H3. The number of para-hydroxylation sites is 1. The predicted molar refractivity (Wildman–Crippen MR) is 81.5 cm³/mol. The van der Waals surface area contributed by atoms with E-state index in [2.05, 4.69) is 41.4 Å². The molecular formula is C17H26N2. The first kappa shape index (κ1) is 13.0. The smallest absolute Gasteiger partial charge is 0.0411 e. The molecular weight excluding hydrogens is 232 g/mol. The summed E-state index contributed by atoms with van der Waals surface area (Å²) in [5.41, 5.74) is 2.92. The van der Waals surface area contributed by atoms with Crippen LogP contribution in [0.25, 0.3) is 0 Å². The zero-order valence-corrected chi connectivity index (χ0v) is 12.1. The van der Waals surface area contributed by atoms with Gasteiger partial charge in [-0.25, -0.2) is 0 Å². The van der Waals surface area contributed by atoms with E-state index in [-0.39, 0.29) is 0 Å². The molecule has 2 aliphatic rings. The van der Waals surface area contributed by atoms with Gasteiger partial charge in [0.15, 0.2) is 0 Å². The zero-order chi connectivity index (χ0) is 13.1. The highest BCUT2D eigenvalue weighted by atomic mass is 15.1. The van der Waals surface area contributed by atoms with Gasteiger partial charge in [0, 0.05) is 25.3 Å². The Hall–Kier alpha value is -1.02. The molecule has 0 amide bonds. The number of nitrogens with zero attached hydrogens (tertiary/aromatic N) is 1. The molecule has 1 aromatic rings. The Morgan fingerprint density at radius 1 is 1.21 bits per heavy atom. The van der Waals surface area contributed by atoms with Crippen LogP contribution >= 0.6 is 0 Å². The van der Waals surface area contributed by atoms with Crippen molar-refractivity contribution in [3.8, 4) is 0 Å². The first-order valence-electron chi connectivity index (χ1n) is 7.88. The van der Waals surface area contributed by atoms with Crippen LogP contribution < -0.4 is 10.2 Å². The molecule has 0 spiro atoms. The van der Waals surface area contributed by atoms with Gasteiger partial charge in [-0.3, -0.25) is 0 Å². The molecule has 19 heavy (non-hydrogen) atoms. The van der Waals surface area contributed by atoms with Crippen molar-refractivity contribution in [2.45, 2.75) is 39.2 Å². The van der Waals surface area contributed by atoms with Crippen LogP contribution in [-0.2, 0) is 6.54 Å².